The molecule has 1 aromatic rings. The molecular formula is C13H17BrO3. The van der Waals surface area contributed by atoms with Gasteiger partial charge in [0.1, 0.15) is 11.9 Å². The Labute approximate surface area is 110 Å². The number of hydrogen-bond donors (Lipinski definition) is 1. The summed E-state index contributed by atoms with van der Waals surface area (Å²) < 4.78 is 11.6. The van der Waals surface area contributed by atoms with Gasteiger partial charge in [-0.15, -0.1) is 0 Å². The van der Waals surface area contributed by atoms with E-state index >= 15 is 0 Å². The lowest BCUT2D eigenvalue weighted by atomic mass is 9.95. The van der Waals surface area contributed by atoms with Crippen LogP contribution in [0.4, 0.5) is 0 Å². The molecule has 1 aliphatic rings. The molecule has 4 heteroatoms. The van der Waals surface area contributed by atoms with E-state index in [1.807, 2.05) is 18.2 Å². The number of halogens is 1. The fraction of sp³-hybridized carbons (Fsp3) is 0.538. The number of methoxy groups -OCH3 is 1. The Morgan fingerprint density at radius 3 is 2.82 bits per heavy atom. The van der Waals surface area contributed by atoms with Crippen molar-refractivity contribution in [2.45, 2.75) is 25.6 Å². The molecule has 1 heterocycles. The Morgan fingerprint density at radius 1 is 1.53 bits per heavy atom. The van der Waals surface area contributed by atoms with Crippen LogP contribution >= 0.6 is 15.9 Å². The minimum atomic E-state index is -0.590. The summed E-state index contributed by atoms with van der Waals surface area (Å²) in [6.07, 6.45) is 0.308. The molecule has 2 rings (SSSR count). The number of hydrogen-bond acceptors (Lipinski definition) is 3. The van der Waals surface area contributed by atoms with Crippen LogP contribution in [0.1, 0.15) is 25.0 Å². The first-order valence-corrected chi connectivity index (χ1v) is 6.56. The van der Waals surface area contributed by atoms with Crippen molar-refractivity contribution in [3.8, 4) is 5.75 Å². The van der Waals surface area contributed by atoms with E-state index in [0.717, 1.165) is 28.8 Å². The van der Waals surface area contributed by atoms with Crippen LogP contribution < -0.4 is 4.74 Å². The second kappa shape index (κ2) is 5.38. The fourth-order valence-electron chi connectivity index (χ4n) is 2.17. The molecule has 3 unspecified atom stereocenters. The van der Waals surface area contributed by atoms with Crippen molar-refractivity contribution in [3.05, 3.63) is 28.2 Å². The third kappa shape index (κ3) is 2.64. The normalized spacial score (nSPS) is 25.9. The van der Waals surface area contributed by atoms with E-state index in [1.165, 1.54) is 0 Å². The van der Waals surface area contributed by atoms with Crippen LogP contribution in [0.2, 0.25) is 0 Å². The van der Waals surface area contributed by atoms with Gasteiger partial charge in [-0.1, -0.05) is 28.9 Å². The lowest BCUT2D eigenvalue weighted by molar-refractivity contribution is -0.0181. The summed E-state index contributed by atoms with van der Waals surface area (Å²) in [6.45, 7) is 2.84. The molecule has 0 aliphatic carbocycles. The Kier molecular flexibility index (Phi) is 4.07. The lowest BCUT2D eigenvalue weighted by Crippen LogP contribution is -2.23. The van der Waals surface area contributed by atoms with Crippen LogP contribution in [0.15, 0.2) is 22.7 Å². The molecular weight excluding hydrogens is 284 g/mol. The minimum Gasteiger partial charge on any atom is -0.497 e. The van der Waals surface area contributed by atoms with Gasteiger partial charge in [-0.05, 0) is 30.0 Å². The summed E-state index contributed by atoms with van der Waals surface area (Å²) >= 11 is 3.46. The summed E-state index contributed by atoms with van der Waals surface area (Å²) in [5.74, 6) is 1.16. The van der Waals surface area contributed by atoms with Crippen LogP contribution in [0.25, 0.3) is 0 Å². The summed E-state index contributed by atoms with van der Waals surface area (Å²) in [6, 6.07) is 5.59. The van der Waals surface area contributed by atoms with Gasteiger partial charge in [0.15, 0.2) is 0 Å². The van der Waals surface area contributed by atoms with Gasteiger partial charge in [-0.25, -0.2) is 0 Å². The molecule has 3 atom stereocenters. The number of aliphatic hydroxyl groups excluding tert-OH is 1. The van der Waals surface area contributed by atoms with Crippen molar-refractivity contribution in [1.82, 2.24) is 0 Å². The highest BCUT2D eigenvalue weighted by Crippen LogP contribution is 2.35. The maximum atomic E-state index is 10.3. The summed E-state index contributed by atoms with van der Waals surface area (Å²) in [5, 5.41) is 10.3. The second-order valence-corrected chi connectivity index (χ2v) is 5.29. The molecule has 1 aliphatic heterocycles. The monoisotopic (exact) mass is 300 g/mol. The molecule has 0 aromatic heterocycles. The zero-order valence-electron chi connectivity index (χ0n) is 10.0. The van der Waals surface area contributed by atoms with Crippen molar-refractivity contribution < 1.29 is 14.6 Å². The van der Waals surface area contributed by atoms with Crippen LogP contribution in [-0.4, -0.2) is 24.9 Å². The zero-order valence-corrected chi connectivity index (χ0v) is 11.6. The molecule has 0 spiro atoms. The van der Waals surface area contributed by atoms with Gasteiger partial charge in [-0.2, -0.15) is 0 Å². The van der Waals surface area contributed by atoms with Gasteiger partial charge in [0.05, 0.1) is 13.2 Å². The Bertz CT molecular complexity index is 394. The summed E-state index contributed by atoms with van der Waals surface area (Å²) in [4.78, 5) is 0. The van der Waals surface area contributed by atoms with Crippen LogP contribution in [0.5, 0.6) is 5.75 Å². The Hall–Kier alpha value is -0.580. The van der Waals surface area contributed by atoms with Crippen molar-refractivity contribution in [3.63, 3.8) is 0 Å². The maximum absolute atomic E-state index is 10.3. The molecule has 0 bridgehead atoms. The Balaban J connectivity index is 2.21. The second-order valence-electron chi connectivity index (χ2n) is 4.43. The van der Waals surface area contributed by atoms with Crippen LogP contribution in [0, 0.1) is 5.92 Å². The van der Waals surface area contributed by atoms with Crippen molar-refractivity contribution in [1.29, 1.82) is 0 Å². The van der Waals surface area contributed by atoms with Crippen LogP contribution in [0.3, 0.4) is 0 Å². The molecule has 0 amide bonds. The van der Waals surface area contributed by atoms with Crippen molar-refractivity contribution in [2.24, 2.45) is 5.92 Å². The fourth-order valence-corrected chi connectivity index (χ4v) is 2.76. The van der Waals surface area contributed by atoms with E-state index in [0.29, 0.717) is 5.92 Å². The molecule has 94 valence electrons. The molecule has 17 heavy (non-hydrogen) atoms. The average molecular weight is 301 g/mol. The predicted molar refractivity (Wildman–Crippen MR) is 69.2 cm³/mol. The molecule has 0 saturated carbocycles. The predicted octanol–water partition coefficient (Wildman–Crippen LogP) is 2.92. The first-order valence-electron chi connectivity index (χ1n) is 5.76. The lowest BCUT2D eigenvalue weighted by Gasteiger charge is -2.22. The number of aliphatic hydroxyl groups is 1. The van der Waals surface area contributed by atoms with Gasteiger partial charge in [0, 0.05) is 11.1 Å². The topological polar surface area (TPSA) is 38.7 Å². The SMILES string of the molecule is COc1ccc(C(O)C2OCCC2C)c(Br)c1. The molecule has 0 radical (unpaired) electrons. The highest BCUT2D eigenvalue weighted by Gasteiger charge is 2.32. The maximum Gasteiger partial charge on any atom is 0.120 e. The minimum absolute atomic E-state index is 0.111. The van der Waals surface area contributed by atoms with E-state index in [1.54, 1.807) is 7.11 Å². The highest BCUT2D eigenvalue weighted by atomic mass is 79.9. The number of rotatable bonds is 3. The molecule has 1 saturated heterocycles. The summed E-state index contributed by atoms with van der Waals surface area (Å²) in [7, 11) is 1.63. The van der Waals surface area contributed by atoms with Gasteiger partial charge >= 0.3 is 0 Å². The third-order valence-corrected chi connectivity index (χ3v) is 3.97. The first-order chi connectivity index (χ1) is 8.13. The number of benzene rings is 1. The largest absolute Gasteiger partial charge is 0.497 e. The van der Waals surface area contributed by atoms with E-state index < -0.39 is 6.10 Å². The standard InChI is InChI=1S/C13H17BrO3/c1-8-5-6-17-13(8)12(15)10-4-3-9(16-2)7-11(10)14/h3-4,7-8,12-13,15H,5-6H2,1-2H3. The smallest absolute Gasteiger partial charge is 0.120 e. The van der Waals surface area contributed by atoms with Gasteiger partial charge in [-0.3, -0.25) is 0 Å². The van der Waals surface area contributed by atoms with Gasteiger partial charge < -0.3 is 14.6 Å². The molecule has 1 aromatic carbocycles. The average Bonchev–Trinajstić information content (AvgIpc) is 2.74. The van der Waals surface area contributed by atoms with E-state index in [-0.39, 0.29) is 6.10 Å². The van der Waals surface area contributed by atoms with Gasteiger partial charge in [0.25, 0.3) is 0 Å². The van der Waals surface area contributed by atoms with Crippen molar-refractivity contribution in [2.75, 3.05) is 13.7 Å². The third-order valence-electron chi connectivity index (χ3n) is 3.28. The quantitative estimate of drug-likeness (QED) is 0.933. The van der Waals surface area contributed by atoms with E-state index in [9.17, 15) is 5.11 Å². The molecule has 3 nitrogen and oxygen atoms in total. The molecule has 1 N–H and O–H groups in total. The highest BCUT2D eigenvalue weighted by molar-refractivity contribution is 9.10. The van der Waals surface area contributed by atoms with Gasteiger partial charge in [0.2, 0.25) is 0 Å². The first kappa shape index (κ1) is 12.9. The summed E-state index contributed by atoms with van der Waals surface area (Å²) in [5.41, 5.74) is 0.851. The van der Waals surface area contributed by atoms with Crippen molar-refractivity contribution >= 4 is 15.9 Å². The Morgan fingerprint density at radius 2 is 2.29 bits per heavy atom. The number of ether oxygens (including phenoxy) is 2. The zero-order chi connectivity index (χ0) is 12.4. The molecule has 1 fully saturated rings. The van der Waals surface area contributed by atoms with E-state index in [2.05, 4.69) is 22.9 Å². The van der Waals surface area contributed by atoms with Crippen LogP contribution in [-0.2, 0) is 4.74 Å². The van der Waals surface area contributed by atoms with E-state index in [4.69, 9.17) is 9.47 Å².